The van der Waals surface area contributed by atoms with E-state index in [1.165, 1.54) is 16.2 Å². The van der Waals surface area contributed by atoms with Gasteiger partial charge in [0.25, 0.3) is 5.91 Å². The average molecular weight is 451 g/mol. The molecule has 0 spiro atoms. The van der Waals surface area contributed by atoms with Crippen LogP contribution in [0.15, 0.2) is 29.6 Å². The minimum absolute atomic E-state index is 0.0536. The predicted molar refractivity (Wildman–Crippen MR) is 120 cm³/mol. The number of hydrogen-bond donors (Lipinski definition) is 2. The molecule has 2 N–H and O–H groups in total. The van der Waals surface area contributed by atoms with E-state index in [0.29, 0.717) is 28.0 Å². The quantitative estimate of drug-likeness (QED) is 0.610. The van der Waals surface area contributed by atoms with Crippen LogP contribution in [0.3, 0.4) is 0 Å². The first-order valence-corrected chi connectivity index (χ1v) is 11.0. The van der Waals surface area contributed by atoms with Crippen molar-refractivity contribution in [2.24, 2.45) is 5.92 Å². The smallest absolute Gasteiger partial charge is 0.255 e. The maximum Gasteiger partial charge on any atom is 0.255 e. The second-order valence-corrected chi connectivity index (χ2v) is 8.92. The zero-order chi connectivity index (χ0) is 22.3. The van der Waals surface area contributed by atoms with E-state index in [0.717, 1.165) is 0 Å². The first kappa shape index (κ1) is 23.8. The minimum Gasteiger partial charge on any atom is -0.354 e. The molecule has 7 nitrogen and oxygen atoms in total. The Bertz CT molecular complexity index is 898. The molecule has 0 atom stereocenters. The number of carbonyl (C=O) groups excluding carboxylic acids is 3. The van der Waals surface area contributed by atoms with Crippen molar-refractivity contribution in [3.8, 4) is 0 Å². The van der Waals surface area contributed by atoms with E-state index in [1.54, 1.807) is 29.6 Å². The summed E-state index contributed by atoms with van der Waals surface area (Å²) in [4.78, 5) is 43.1. The van der Waals surface area contributed by atoms with Crippen LogP contribution in [0.4, 0.5) is 5.13 Å². The number of nitrogens with one attached hydrogen (secondary N) is 2. The van der Waals surface area contributed by atoms with Crippen LogP contribution in [0.25, 0.3) is 0 Å². The Kier molecular flexibility index (Phi) is 8.80. The minimum atomic E-state index is -0.358. The Morgan fingerprint density at radius 2 is 1.83 bits per heavy atom. The lowest BCUT2D eigenvalue weighted by molar-refractivity contribution is -0.121. The molecule has 0 saturated carbocycles. The molecule has 30 heavy (non-hydrogen) atoms. The van der Waals surface area contributed by atoms with Crippen LogP contribution in [0.1, 0.15) is 43.7 Å². The van der Waals surface area contributed by atoms with Gasteiger partial charge in [0.15, 0.2) is 5.13 Å². The van der Waals surface area contributed by atoms with Gasteiger partial charge in [-0.25, -0.2) is 4.98 Å². The standard InChI is InChI=1S/C21H27ClN4O3S/c1-13(2)10-26(20(29)16-7-5-6-8-17(16)22)11-19(28)25-21-24-15(12-30-21)9-18(27)23-14(3)4/h5-8,12-14H,9-11H2,1-4H3,(H,23,27)(H,24,25,28). The van der Waals surface area contributed by atoms with E-state index in [-0.39, 0.29) is 42.6 Å². The van der Waals surface area contributed by atoms with Crippen molar-refractivity contribution in [2.45, 2.75) is 40.2 Å². The van der Waals surface area contributed by atoms with E-state index in [4.69, 9.17) is 11.6 Å². The summed E-state index contributed by atoms with van der Waals surface area (Å²) in [5.74, 6) is -0.602. The maximum atomic E-state index is 12.9. The fourth-order valence-electron chi connectivity index (χ4n) is 2.78. The van der Waals surface area contributed by atoms with E-state index < -0.39 is 0 Å². The van der Waals surface area contributed by atoms with E-state index in [2.05, 4.69) is 15.6 Å². The monoisotopic (exact) mass is 450 g/mol. The maximum absolute atomic E-state index is 12.9. The molecule has 2 aromatic rings. The molecule has 0 fully saturated rings. The number of rotatable bonds is 9. The number of thiazole rings is 1. The lowest BCUT2D eigenvalue weighted by Gasteiger charge is -2.24. The van der Waals surface area contributed by atoms with Gasteiger partial charge in [0.2, 0.25) is 11.8 Å². The zero-order valence-corrected chi connectivity index (χ0v) is 19.1. The molecule has 9 heteroatoms. The van der Waals surface area contributed by atoms with Crippen LogP contribution in [0, 0.1) is 5.92 Å². The molecule has 0 aliphatic rings. The van der Waals surface area contributed by atoms with Crippen molar-refractivity contribution in [1.29, 1.82) is 0 Å². The van der Waals surface area contributed by atoms with Gasteiger partial charge in [-0.05, 0) is 31.9 Å². The van der Waals surface area contributed by atoms with Crippen LogP contribution in [-0.4, -0.2) is 46.7 Å². The van der Waals surface area contributed by atoms with E-state index in [1.807, 2.05) is 27.7 Å². The second kappa shape index (κ2) is 11.1. The topological polar surface area (TPSA) is 91.4 Å². The number of hydrogen-bond acceptors (Lipinski definition) is 5. The van der Waals surface area contributed by atoms with E-state index >= 15 is 0 Å². The Labute approximate surface area is 185 Å². The summed E-state index contributed by atoms with van der Waals surface area (Å²) in [6.45, 7) is 8.01. The number of aromatic nitrogens is 1. The second-order valence-electron chi connectivity index (χ2n) is 7.65. The van der Waals surface area contributed by atoms with Crippen LogP contribution in [0.5, 0.6) is 0 Å². The summed E-state index contributed by atoms with van der Waals surface area (Å²) in [5, 5.41) is 7.98. The van der Waals surface area contributed by atoms with Gasteiger partial charge in [0.1, 0.15) is 6.54 Å². The lowest BCUT2D eigenvalue weighted by Crippen LogP contribution is -2.40. The third-order valence-electron chi connectivity index (χ3n) is 3.90. The van der Waals surface area contributed by atoms with Gasteiger partial charge in [0, 0.05) is 18.0 Å². The summed E-state index contributed by atoms with van der Waals surface area (Å²) in [5.41, 5.74) is 0.944. The Morgan fingerprint density at radius 1 is 1.13 bits per heavy atom. The fourth-order valence-corrected chi connectivity index (χ4v) is 3.72. The molecule has 0 bridgehead atoms. The SMILES string of the molecule is CC(C)CN(CC(=O)Nc1nc(CC(=O)NC(C)C)cs1)C(=O)c1ccccc1Cl. The highest BCUT2D eigenvalue weighted by Crippen LogP contribution is 2.19. The third kappa shape index (κ3) is 7.42. The normalized spacial score (nSPS) is 10.9. The van der Waals surface area contributed by atoms with Gasteiger partial charge in [-0.1, -0.05) is 37.6 Å². The van der Waals surface area contributed by atoms with Gasteiger partial charge in [-0.2, -0.15) is 0 Å². The highest BCUT2D eigenvalue weighted by Gasteiger charge is 2.22. The molecule has 0 unspecified atom stereocenters. The van der Waals surface area contributed by atoms with Gasteiger partial charge in [-0.3, -0.25) is 14.4 Å². The molecule has 1 aromatic heterocycles. The van der Waals surface area contributed by atoms with Crippen LogP contribution < -0.4 is 10.6 Å². The molecule has 3 amide bonds. The van der Waals surface area contributed by atoms with Crippen molar-refractivity contribution < 1.29 is 14.4 Å². The highest BCUT2D eigenvalue weighted by atomic mass is 35.5. The van der Waals surface area contributed by atoms with Crippen molar-refractivity contribution in [2.75, 3.05) is 18.4 Å². The van der Waals surface area contributed by atoms with Gasteiger partial charge in [-0.15, -0.1) is 11.3 Å². The molecule has 162 valence electrons. The van der Waals surface area contributed by atoms with E-state index in [9.17, 15) is 14.4 Å². The van der Waals surface area contributed by atoms with Gasteiger partial charge < -0.3 is 15.5 Å². The number of amides is 3. The van der Waals surface area contributed by atoms with Crippen LogP contribution in [0.2, 0.25) is 5.02 Å². The summed E-state index contributed by atoms with van der Waals surface area (Å²) in [6, 6.07) is 6.83. The average Bonchev–Trinajstić information content (AvgIpc) is 3.06. The number of halogens is 1. The number of anilines is 1. The van der Waals surface area contributed by atoms with Crippen molar-refractivity contribution >= 4 is 45.8 Å². The molecule has 0 aliphatic carbocycles. The van der Waals surface area contributed by atoms with Gasteiger partial charge in [0.05, 0.1) is 22.7 Å². The molecule has 0 saturated heterocycles. The Morgan fingerprint density at radius 3 is 2.47 bits per heavy atom. The molecule has 1 aromatic carbocycles. The molecular formula is C21H27ClN4O3S. The van der Waals surface area contributed by atoms with Crippen molar-refractivity contribution in [3.05, 3.63) is 45.9 Å². The molecule has 1 heterocycles. The molecular weight excluding hydrogens is 424 g/mol. The molecule has 0 radical (unpaired) electrons. The Hall–Kier alpha value is -2.45. The fraction of sp³-hybridized carbons (Fsp3) is 0.429. The van der Waals surface area contributed by atoms with Crippen LogP contribution >= 0.6 is 22.9 Å². The summed E-state index contributed by atoms with van der Waals surface area (Å²) in [7, 11) is 0. The summed E-state index contributed by atoms with van der Waals surface area (Å²) in [6.07, 6.45) is 0.148. The summed E-state index contributed by atoms with van der Waals surface area (Å²) >= 11 is 7.39. The largest absolute Gasteiger partial charge is 0.354 e. The number of carbonyl (C=O) groups is 3. The molecule has 0 aliphatic heterocycles. The Balaban J connectivity index is 2.02. The third-order valence-corrected chi connectivity index (χ3v) is 5.04. The molecule has 2 rings (SSSR count). The van der Waals surface area contributed by atoms with Crippen molar-refractivity contribution in [3.63, 3.8) is 0 Å². The highest BCUT2D eigenvalue weighted by molar-refractivity contribution is 7.13. The number of nitrogens with zero attached hydrogens (tertiary/aromatic N) is 2. The number of benzene rings is 1. The summed E-state index contributed by atoms with van der Waals surface area (Å²) < 4.78 is 0. The van der Waals surface area contributed by atoms with Crippen LogP contribution in [-0.2, 0) is 16.0 Å². The van der Waals surface area contributed by atoms with Crippen molar-refractivity contribution in [1.82, 2.24) is 15.2 Å². The lowest BCUT2D eigenvalue weighted by atomic mass is 10.1. The van der Waals surface area contributed by atoms with Gasteiger partial charge >= 0.3 is 0 Å². The first-order valence-electron chi connectivity index (χ1n) is 9.73. The first-order chi connectivity index (χ1) is 14.2. The zero-order valence-electron chi connectivity index (χ0n) is 17.6. The predicted octanol–water partition coefficient (Wildman–Crippen LogP) is 3.60.